The van der Waals surface area contributed by atoms with E-state index in [0.29, 0.717) is 5.56 Å². The zero-order valence-corrected chi connectivity index (χ0v) is 18.2. The summed E-state index contributed by atoms with van der Waals surface area (Å²) < 4.78 is 39.1. The van der Waals surface area contributed by atoms with Gasteiger partial charge < -0.3 is 5.32 Å². The Bertz CT molecular complexity index is 1110. The van der Waals surface area contributed by atoms with E-state index in [1.54, 1.807) is 6.08 Å². The van der Waals surface area contributed by atoms with Crippen LogP contribution in [-0.4, -0.2) is 20.6 Å². The molecule has 0 unspecified atom stereocenters. The maximum absolute atomic E-state index is 14.3. The number of terminal acetylenes is 1. The van der Waals surface area contributed by atoms with E-state index in [9.17, 15) is 17.6 Å². The van der Waals surface area contributed by atoms with Gasteiger partial charge in [-0.3, -0.25) is 9.52 Å². The molecule has 0 fully saturated rings. The molecule has 158 valence electrons. The largest absolute Gasteiger partial charge is 0.348 e. The normalized spacial score (nSPS) is 11.9. The summed E-state index contributed by atoms with van der Waals surface area (Å²) in [7, 11) is -3.68. The van der Waals surface area contributed by atoms with Crippen LogP contribution in [0.4, 0.5) is 10.1 Å². The van der Waals surface area contributed by atoms with Crippen molar-refractivity contribution in [3.8, 4) is 12.3 Å². The standard InChI is InChI=1S/C23H25FN2O3S/c1-6-18-13-17(14-20(24)22(18)26-30(5,28)29)15-25-21(27)12-9-16-7-10-19(11-8-16)23(2,3)4/h1,7-14,26H,15H2,2-5H3,(H,25,27). The van der Waals surface area contributed by atoms with Crippen molar-refractivity contribution in [3.05, 3.63) is 70.5 Å². The maximum Gasteiger partial charge on any atom is 0.244 e. The molecule has 0 spiro atoms. The molecule has 0 bridgehead atoms. The first-order valence-corrected chi connectivity index (χ1v) is 11.1. The number of benzene rings is 2. The van der Waals surface area contributed by atoms with Gasteiger partial charge in [-0.2, -0.15) is 0 Å². The maximum atomic E-state index is 14.3. The van der Waals surface area contributed by atoms with Crippen LogP contribution in [0.3, 0.4) is 0 Å². The lowest BCUT2D eigenvalue weighted by Crippen LogP contribution is -2.20. The fourth-order valence-corrected chi connectivity index (χ4v) is 3.26. The van der Waals surface area contributed by atoms with Crippen molar-refractivity contribution in [1.29, 1.82) is 0 Å². The Morgan fingerprint density at radius 1 is 1.20 bits per heavy atom. The lowest BCUT2D eigenvalue weighted by molar-refractivity contribution is -0.116. The fourth-order valence-electron chi connectivity index (χ4n) is 2.68. The molecule has 0 aliphatic heterocycles. The van der Waals surface area contributed by atoms with Gasteiger partial charge in [-0.25, -0.2) is 12.8 Å². The van der Waals surface area contributed by atoms with Gasteiger partial charge in [0.1, 0.15) is 5.82 Å². The van der Waals surface area contributed by atoms with Crippen LogP contribution < -0.4 is 10.0 Å². The van der Waals surface area contributed by atoms with Gasteiger partial charge in [0.25, 0.3) is 0 Å². The zero-order valence-electron chi connectivity index (χ0n) is 17.4. The van der Waals surface area contributed by atoms with Crippen LogP contribution in [0, 0.1) is 18.2 Å². The van der Waals surface area contributed by atoms with E-state index in [-0.39, 0.29) is 29.1 Å². The molecule has 0 saturated carbocycles. The predicted octanol–water partition coefficient (Wildman–Crippen LogP) is 3.81. The lowest BCUT2D eigenvalue weighted by atomic mass is 9.87. The average Bonchev–Trinajstić information content (AvgIpc) is 2.65. The van der Waals surface area contributed by atoms with Crippen LogP contribution in [0.2, 0.25) is 0 Å². The van der Waals surface area contributed by atoms with Crippen LogP contribution in [-0.2, 0) is 26.8 Å². The molecule has 0 heterocycles. The Labute approximate surface area is 177 Å². The lowest BCUT2D eigenvalue weighted by Gasteiger charge is -2.18. The summed E-state index contributed by atoms with van der Waals surface area (Å²) in [6.45, 7) is 6.42. The summed E-state index contributed by atoms with van der Waals surface area (Å²) in [6.07, 6.45) is 9.35. The summed E-state index contributed by atoms with van der Waals surface area (Å²) >= 11 is 0. The van der Waals surface area contributed by atoms with Gasteiger partial charge in [0.2, 0.25) is 15.9 Å². The third-order valence-corrected chi connectivity index (χ3v) is 4.84. The van der Waals surface area contributed by atoms with Crippen LogP contribution in [0.1, 0.15) is 43.0 Å². The number of carbonyl (C=O) groups excluding carboxylic acids is 1. The number of halogens is 1. The van der Waals surface area contributed by atoms with Crippen molar-refractivity contribution in [3.63, 3.8) is 0 Å². The number of anilines is 1. The third-order valence-electron chi connectivity index (χ3n) is 4.26. The van der Waals surface area contributed by atoms with Gasteiger partial charge in [0.15, 0.2) is 0 Å². The van der Waals surface area contributed by atoms with E-state index in [1.165, 1.54) is 17.7 Å². The van der Waals surface area contributed by atoms with Crippen molar-refractivity contribution in [2.24, 2.45) is 0 Å². The SMILES string of the molecule is C#Cc1cc(CNC(=O)C=Cc2ccc(C(C)(C)C)cc2)cc(F)c1NS(C)(=O)=O. The Kier molecular flexibility index (Phi) is 7.06. The van der Waals surface area contributed by atoms with Crippen LogP contribution in [0.5, 0.6) is 0 Å². The second-order valence-corrected chi connectivity index (χ2v) is 9.69. The van der Waals surface area contributed by atoms with Gasteiger partial charge in [-0.15, -0.1) is 6.42 Å². The molecule has 2 rings (SSSR count). The second kappa shape index (κ2) is 9.14. The highest BCUT2D eigenvalue weighted by molar-refractivity contribution is 7.92. The molecule has 0 aliphatic rings. The van der Waals surface area contributed by atoms with Crippen molar-refractivity contribution in [1.82, 2.24) is 5.32 Å². The van der Waals surface area contributed by atoms with Crippen molar-refractivity contribution < 1.29 is 17.6 Å². The molecule has 5 nitrogen and oxygen atoms in total. The Hall–Kier alpha value is -3.11. The monoisotopic (exact) mass is 428 g/mol. The number of sulfonamides is 1. The van der Waals surface area contributed by atoms with Crippen LogP contribution >= 0.6 is 0 Å². The molecule has 0 aliphatic carbocycles. The summed E-state index contributed by atoms with van der Waals surface area (Å²) in [5, 5.41) is 2.65. The summed E-state index contributed by atoms with van der Waals surface area (Å²) in [5.41, 5.74) is 2.32. The van der Waals surface area contributed by atoms with Gasteiger partial charge in [0.05, 0.1) is 17.5 Å². The van der Waals surface area contributed by atoms with Crippen molar-refractivity contribution in [2.45, 2.75) is 32.7 Å². The van der Waals surface area contributed by atoms with Gasteiger partial charge in [0, 0.05) is 12.6 Å². The summed E-state index contributed by atoms with van der Waals surface area (Å²) in [5.74, 6) is 1.09. The molecular weight excluding hydrogens is 403 g/mol. The number of carbonyl (C=O) groups is 1. The number of rotatable bonds is 6. The highest BCUT2D eigenvalue weighted by Crippen LogP contribution is 2.23. The van der Waals surface area contributed by atoms with E-state index < -0.39 is 15.8 Å². The molecule has 7 heteroatoms. The molecule has 30 heavy (non-hydrogen) atoms. The zero-order chi connectivity index (χ0) is 22.5. The van der Waals surface area contributed by atoms with Gasteiger partial charge in [-0.1, -0.05) is 51.0 Å². The van der Waals surface area contributed by atoms with Crippen LogP contribution in [0.25, 0.3) is 6.08 Å². The number of hydrogen-bond donors (Lipinski definition) is 2. The van der Waals surface area contributed by atoms with Gasteiger partial charge >= 0.3 is 0 Å². The smallest absolute Gasteiger partial charge is 0.244 e. The van der Waals surface area contributed by atoms with Crippen molar-refractivity contribution in [2.75, 3.05) is 11.0 Å². The minimum Gasteiger partial charge on any atom is -0.348 e. The third kappa shape index (κ3) is 6.75. The number of amides is 1. The topological polar surface area (TPSA) is 75.3 Å². The van der Waals surface area contributed by atoms with E-state index >= 15 is 0 Å². The molecule has 2 aromatic rings. The molecule has 2 aromatic carbocycles. The molecule has 0 atom stereocenters. The van der Waals surface area contributed by atoms with E-state index in [0.717, 1.165) is 17.9 Å². The highest BCUT2D eigenvalue weighted by atomic mass is 32.2. The molecule has 0 aromatic heterocycles. The molecular formula is C23H25FN2O3S. The molecule has 1 amide bonds. The quantitative estimate of drug-likeness (QED) is 0.543. The minimum atomic E-state index is -3.68. The molecule has 0 saturated heterocycles. The summed E-state index contributed by atoms with van der Waals surface area (Å²) in [6, 6.07) is 10.5. The fraction of sp³-hybridized carbons (Fsp3) is 0.261. The van der Waals surface area contributed by atoms with Crippen LogP contribution in [0.15, 0.2) is 42.5 Å². The number of hydrogen-bond acceptors (Lipinski definition) is 3. The minimum absolute atomic E-state index is 0.0386. The van der Waals surface area contributed by atoms with Crippen molar-refractivity contribution >= 4 is 27.7 Å². The number of nitrogens with one attached hydrogen (secondary N) is 2. The first-order valence-electron chi connectivity index (χ1n) is 9.22. The Morgan fingerprint density at radius 3 is 2.37 bits per heavy atom. The first kappa shape index (κ1) is 23.2. The predicted molar refractivity (Wildman–Crippen MR) is 119 cm³/mol. The summed E-state index contributed by atoms with van der Waals surface area (Å²) in [4.78, 5) is 12.1. The van der Waals surface area contributed by atoms with E-state index in [1.807, 2.05) is 24.3 Å². The Balaban J connectivity index is 2.05. The molecule has 2 N–H and O–H groups in total. The Morgan fingerprint density at radius 2 is 1.83 bits per heavy atom. The van der Waals surface area contributed by atoms with E-state index in [4.69, 9.17) is 6.42 Å². The molecule has 0 radical (unpaired) electrons. The second-order valence-electron chi connectivity index (χ2n) is 7.94. The van der Waals surface area contributed by atoms with Gasteiger partial charge in [-0.05, 0) is 40.3 Å². The highest BCUT2D eigenvalue weighted by Gasteiger charge is 2.14. The average molecular weight is 429 g/mol. The van der Waals surface area contributed by atoms with E-state index in [2.05, 4.69) is 36.7 Å². The first-order chi connectivity index (χ1) is 13.9.